The van der Waals surface area contributed by atoms with Crippen LogP contribution in [-0.4, -0.2) is 15.8 Å². The average molecular weight is 221 g/mol. The Morgan fingerprint density at radius 1 is 1.38 bits per heavy atom. The van der Waals surface area contributed by atoms with Crippen LogP contribution >= 0.6 is 0 Å². The fraction of sp³-hybridized carbons (Fsp3) is 0.769. The minimum Gasteiger partial charge on any atom is -0.307 e. The molecule has 2 rings (SSSR count). The lowest BCUT2D eigenvalue weighted by Gasteiger charge is -2.35. The smallest absolute Gasteiger partial charge is 0.0644 e. The third-order valence-corrected chi connectivity index (χ3v) is 3.86. The van der Waals surface area contributed by atoms with Gasteiger partial charge in [0, 0.05) is 30.4 Å². The van der Waals surface area contributed by atoms with Crippen molar-refractivity contribution in [3.05, 3.63) is 17.0 Å². The van der Waals surface area contributed by atoms with Crippen molar-refractivity contribution in [1.82, 2.24) is 15.1 Å². The van der Waals surface area contributed by atoms with Gasteiger partial charge in [-0.05, 0) is 39.5 Å². The van der Waals surface area contributed by atoms with Crippen LogP contribution in [0.1, 0.15) is 49.7 Å². The van der Waals surface area contributed by atoms with Gasteiger partial charge in [0.05, 0.1) is 5.69 Å². The molecule has 1 fully saturated rings. The van der Waals surface area contributed by atoms with Crippen LogP contribution in [0.15, 0.2) is 0 Å². The first-order valence-corrected chi connectivity index (χ1v) is 6.25. The van der Waals surface area contributed by atoms with E-state index in [1.807, 2.05) is 11.7 Å². The summed E-state index contributed by atoms with van der Waals surface area (Å²) in [5.41, 5.74) is 3.82. The van der Waals surface area contributed by atoms with E-state index < -0.39 is 0 Å². The van der Waals surface area contributed by atoms with Crippen LogP contribution < -0.4 is 5.32 Å². The molecule has 90 valence electrons. The van der Waals surface area contributed by atoms with Crippen LogP contribution in [0.25, 0.3) is 0 Å². The zero-order chi connectivity index (χ0) is 11.9. The molecule has 1 heterocycles. The van der Waals surface area contributed by atoms with Crippen molar-refractivity contribution in [2.24, 2.45) is 13.0 Å². The van der Waals surface area contributed by atoms with Crippen molar-refractivity contribution >= 4 is 0 Å². The van der Waals surface area contributed by atoms with Crippen molar-refractivity contribution < 1.29 is 0 Å². The molecule has 16 heavy (non-hydrogen) atoms. The molecular formula is C13H23N3. The summed E-state index contributed by atoms with van der Waals surface area (Å²) in [6.45, 7) is 8.82. The van der Waals surface area contributed by atoms with E-state index in [4.69, 9.17) is 0 Å². The third-order valence-electron chi connectivity index (χ3n) is 3.86. The Hall–Kier alpha value is -0.830. The number of aryl methyl sites for hydroxylation is 2. The van der Waals surface area contributed by atoms with Crippen LogP contribution in [-0.2, 0) is 7.05 Å². The van der Waals surface area contributed by atoms with Crippen molar-refractivity contribution in [3.8, 4) is 0 Å². The number of rotatable bonds is 3. The van der Waals surface area contributed by atoms with Crippen molar-refractivity contribution in [3.63, 3.8) is 0 Å². The lowest BCUT2D eigenvalue weighted by Crippen LogP contribution is -2.41. The lowest BCUT2D eigenvalue weighted by atomic mass is 9.81. The lowest BCUT2D eigenvalue weighted by molar-refractivity contribution is 0.226. The maximum atomic E-state index is 4.47. The van der Waals surface area contributed by atoms with Gasteiger partial charge >= 0.3 is 0 Å². The molecule has 1 saturated carbocycles. The summed E-state index contributed by atoms with van der Waals surface area (Å²) in [7, 11) is 2.02. The Morgan fingerprint density at radius 3 is 2.44 bits per heavy atom. The summed E-state index contributed by atoms with van der Waals surface area (Å²) in [6.07, 6.45) is 2.64. The largest absolute Gasteiger partial charge is 0.307 e. The summed E-state index contributed by atoms with van der Waals surface area (Å²) in [4.78, 5) is 0. The van der Waals surface area contributed by atoms with E-state index >= 15 is 0 Å². The summed E-state index contributed by atoms with van der Waals surface area (Å²) < 4.78 is 1.98. The zero-order valence-corrected chi connectivity index (χ0v) is 11.0. The second-order valence-corrected chi connectivity index (χ2v) is 5.37. The molecule has 1 atom stereocenters. The standard InChI is InChI=1S/C13H23N3/c1-8-6-12(7-8)14-9(2)13-10(3)15-16(5)11(13)4/h8-9,12,14H,6-7H2,1-5H3. The minimum atomic E-state index is 0.422. The molecule has 1 N–H and O–H groups in total. The molecular weight excluding hydrogens is 198 g/mol. The van der Waals surface area contributed by atoms with Gasteiger partial charge in [-0.15, -0.1) is 0 Å². The maximum absolute atomic E-state index is 4.47. The number of hydrogen-bond donors (Lipinski definition) is 1. The van der Waals surface area contributed by atoms with Crippen LogP contribution in [0, 0.1) is 19.8 Å². The van der Waals surface area contributed by atoms with Crippen molar-refractivity contribution in [2.45, 2.75) is 52.6 Å². The van der Waals surface area contributed by atoms with Crippen LogP contribution in [0.4, 0.5) is 0 Å². The predicted octanol–water partition coefficient (Wildman–Crippen LogP) is 2.49. The quantitative estimate of drug-likeness (QED) is 0.850. The van der Waals surface area contributed by atoms with E-state index in [-0.39, 0.29) is 0 Å². The Bertz CT molecular complexity index is 375. The highest BCUT2D eigenvalue weighted by atomic mass is 15.3. The van der Waals surface area contributed by atoms with Crippen LogP contribution in [0.5, 0.6) is 0 Å². The summed E-state index contributed by atoms with van der Waals surface area (Å²) in [5.74, 6) is 0.904. The molecule has 1 unspecified atom stereocenters. The van der Waals surface area contributed by atoms with Gasteiger partial charge in [0.25, 0.3) is 0 Å². The molecule has 0 bridgehead atoms. The second-order valence-electron chi connectivity index (χ2n) is 5.37. The number of aromatic nitrogens is 2. The molecule has 1 aliphatic carbocycles. The Labute approximate surface area is 98.2 Å². The van der Waals surface area contributed by atoms with Crippen molar-refractivity contribution in [2.75, 3.05) is 0 Å². The van der Waals surface area contributed by atoms with Gasteiger partial charge in [0.1, 0.15) is 0 Å². The normalized spacial score (nSPS) is 26.6. The molecule has 0 aromatic carbocycles. The first-order chi connectivity index (χ1) is 7.49. The van der Waals surface area contributed by atoms with E-state index in [2.05, 4.69) is 38.1 Å². The molecule has 0 amide bonds. The summed E-state index contributed by atoms with van der Waals surface area (Å²) in [6, 6.07) is 1.13. The van der Waals surface area contributed by atoms with Gasteiger partial charge in [0.2, 0.25) is 0 Å². The molecule has 3 nitrogen and oxygen atoms in total. The van der Waals surface area contributed by atoms with Gasteiger partial charge in [-0.3, -0.25) is 4.68 Å². The molecule has 1 aliphatic rings. The Balaban J connectivity index is 2.05. The number of hydrogen-bond acceptors (Lipinski definition) is 2. The highest BCUT2D eigenvalue weighted by molar-refractivity contribution is 5.27. The molecule has 0 spiro atoms. The van der Waals surface area contributed by atoms with Gasteiger partial charge < -0.3 is 5.32 Å². The van der Waals surface area contributed by atoms with Crippen molar-refractivity contribution in [1.29, 1.82) is 0 Å². The van der Waals surface area contributed by atoms with E-state index in [1.165, 1.54) is 24.1 Å². The first kappa shape index (κ1) is 11.6. The maximum Gasteiger partial charge on any atom is 0.0644 e. The monoisotopic (exact) mass is 221 g/mol. The molecule has 0 saturated heterocycles. The van der Waals surface area contributed by atoms with Crippen LogP contribution in [0.2, 0.25) is 0 Å². The third kappa shape index (κ3) is 2.01. The highest BCUT2D eigenvalue weighted by Crippen LogP contribution is 2.30. The van der Waals surface area contributed by atoms with Gasteiger partial charge in [-0.2, -0.15) is 5.10 Å². The fourth-order valence-electron chi connectivity index (χ4n) is 2.89. The molecule has 3 heteroatoms. The minimum absolute atomic E-state index is 0.422. The zero-order valence-electron chi connectivity index (χ0n) is 11.0. The fourth-order valence-corrected chi connectivity index (χ4v) is 2.89. The van der Waals surface area contributed by atoms with Gasteiger partial charge in [0.15, 0.2) is 0 Å². The van der Waals surface area contributed by atoms with Gasteiger partial charge in [-0.1, -0.05) is 6.92 Å². The van der Waals surface area contributed by atoms with Gasteiger partial charge in [-0.25, -0.2) is 0 Å². The summed E-state index contributed by atoms with van der Waals surface area (Å²) in [5, 5.41) is 8.18. The SMILES string of the molecule is Cc1nn(C)c(C)c1C(C)NC1CC(C)C1. The second kappa shape index (κ2) is 4.21. The van der Waals surface area contributed by atoms with E-state index in [9.17, 15) is 0 Å². The number of nitrogens with zero attached hydrogens (tertiary/aromatic N) is 2. The Kier molecular flexibility index (Phi) is 3.06. The molecule has 0 radical (unpaired) electrons. The van der Waals surface area contributed by atoms with E-state index in [0.29, 0.717) is 12.1 Å². The summed E-state index contributed by atoms with van der Waals surface area (Å²) >= 11 is 0. The van der Waals surface area contributed by atoms with E-state index in [0.717, 1.165) is 11.6 Å². The van der Waals surface area contributed by atoms with Crippen LogP contribution in [0.3, 0.4) is 0 Å². The molecule has 0 aliphatic heterocycles. The Morgan fingerprint density at radius 2 is 2.00 bits per heavy atom. The highest BCUT2D eigenvalue weighted by Gasteiger charge is 2.27. The predicted molar refractivity (Wildman–Crippen MR) is 66.4 cm³/mol. The average Bonchev–Trinajstić information content (AvgIpc) is 2.38. The molecule has 1 aromatic heterocycles. The topological polar surface area (TPSA) is 29.9 Å². The number of nitrogens with one attached hydrogen (secondary N) is 1. The molecule has 1 aromatic rings. The van der Waals surface area contributed by atoms with E-state index in [1.54, 1.807) is 0 Å². The first-order valence-electron chi connectivity index (χ1n) is 6.25.